The van der Waals surface area contributed by atoms with Crippen LogP contribution in [0, 0.1) is 13.8 Å². The third-order valence-electron chi connectivity index (χ3n) is 27.2. The van der Waals surface area contributed by atoms with E-state index in [0.717, 1.165) is 103 Å². The Kier molecular flexibility index (Phi) is 25.3. The van der Waals surface area contributed by atoms with Crippen molar-refractivity contribution in [2.24, 2.45) is 0 Å². The largest absolute Gasteiger partial charge is 0.311 e. The van der Waals surface area contributed by atoms with E-state index >= 15 is 0 Å². The number of anilines is 12. The van der Waals surface area contributed by atoms with Gasteiger partial charge in [-0.2, -0.15) is 0 Å². The van der Waals surface area contributed by atoms with E-state index in [4.69, 9.17) is 0 Å². The SMILES string of the molecule is CCc1c(-c2ccc(N(c3ccc(-c4ccccc4)cc3)c3ccc(-c4ccccc4)cc3)cc2)sc(-c2ccc(N(c3ccc(-c4ccccc4)cc3)c3ccc(-c4ccc(-c5ccc(-c6ccc(N(c7ccc(-c8ccccc8)cc7)c7ccc(-c8sc(-c9ccc(N(c%10ccc(-c%11ccccc%11)cc%10)c%10ccc(-c%11ccccc%11)cc%10)cc9)c(C)c8C)cc7)cc6)cc5)cc4)cc3)cc2)c1CC. The predicted octanol–water partition coefficient (Wildman–Crippen LogP) is 39.1. The second-order valence-electron chi connectivity index (χ2n) is 35.7. The lowest BCUT2D eigenvalue weighted by Gasteiger charge is -2.26. The van der Waals surface area contributed by atoms with Crippen molar-refractivity contribution < 1.29 is 0 Å². The zero-order valence-corrected chi connectivity index (χ0v) is 80.3. The highest BCUT2D eigenvalue weighted by Crippen LogP contribution is 2.50. The van der Waals surface area contributed by atoms with Crippen molar-refractivity contribution in [3.63, 3.8) is 0 Å². The van der Waals surface area contributed by atoms with Gasteiger partial charge in [0.2, 0.25) is 0 Å². The molecule has 0 N–H and O–H groups in total. The molecule has 670 valence electrons. The summed E-state index contributed by atoms with van der Waals surface area (Å²) in [4.78, 5) is 14.7. The van der Waals surface area contributed by atoms with Crippen molar-refractivity contribution in [2.45, 2.75) is 40.5 Å². The predicted molar refractivity (Wildman–Crippen MR) is 600 cm³/mol. The fourth-order valence-corrected chi connectivity index (χ4v) is 22.4. The Morgan fingerprint density at radius 1 is 0.129 bits per heavy atom. The van der Waals surface area contributed by atoms with E-state index in [9.17, 15) is 0 Å². The molecule has 0 radical (unpaired) electrons. The Morgan fingerprint density at radius 2 is 0.236 bits per heavy atom. The average Bonchev–Trinajstić information content (AvgIpc) is 1.42. The van der Waals surface area contributed by atoms with E-state index in [1.165, 1.54) is 142 Å². The van der Waals surface area contributed by atoms with Crippen LogP contribution in [0.3, 0.4) is 0 Å². The zero-order valence-electron chi connectivity index (χ0n) is 78.7. The van der Waals surface area contributed by atoms with Crippen LogP contribution in [0.1, 0.15) is 36.1 Å². The van der Waals surface area contributed by atoms with Gasteiger partial charge >= 0.3 is 0 Å². The van der Waals surface area contributed by atoms with Gasteiger partial charge in [0.05, 0.1) is 0 Å². The van der Waals surface area contributed by atoms with E-state index in [-0.39, 0.29) is 0 Å². The normalized spacial score (nSPS) is 11.2. The Morgan fingerprint density at radius 3 is 0.371 bits per heavy atom. The van der Waals surface area contributed by atoms with Crippen LogP contribution in [0.5, 0.6) is 0 Å². The summed E-state index contributed by atoms with van der Waals surface area (Å²) >= 11 is 3.80. The Hall–Kier alpha value is -17.0. The summed E-state index contributed by atoms with van der Waals surface area (Å²) in [5.41, 5.74) is 44.6. The number of thiophene rings is 2. The minimum atomic E-state index is 0.937. The Bertz CT molecular complexity index is 7780. The van der Waals surface area contributed by atoms with Crippen LogP contribution in [-0.4, -0.2) is 0 Å². The summed E-state index contributed by atoms with van der Waals surface area (Å²) in [5, 5.41) is 0. The van der Waals surface area contributed by atoms with Gasteiger partial charge in [0.1, 0.15) is 0 Å². The van der Waals surface area contributed by atoms with E-state index in [1.54, 1.807) is 0 Å². The van der Waals surface area contributed by atoms with Crippen LogP contribution in [0.15, 0.2) is 522 Å². The quantitative estimate of drug-likeness (QED) is 0.0509. The molecule has 0 unspecified atom stereocenters. The van der Waals surface area contributed by atoms with Crippen LogP contribution in [0.4, 0.5) is 68.2 Å². The van der Waals surface area contributed by atoms with Crippen molar-refractivity contribution >= 4 is 90.9 Å². The first-order valence-electron chi connectivity index (χ1n) is 48.3. The van der Waals surface area contributed by atoms with Crippen LogP contribution < -0.4 is 19.6 Å². The lowest BCUT2D eigenvalue weighted by atomic mass is 9.97. The Labute approximate surface area is 830 Å². The second kappa shape index (κ2) is 40.1. The average molecular weight is 1830 g/mol. The first-order valence-corrected chi connectivity index (χ1v) is 50.0. The molecular weight excluding hydrogens is 1730 g/mol. The Balaban J connectivity index is 0.499. The van der Waals surface area contributed by atoms with Gasteiger partial charge in [0.25, 0.3) is 0 Å². The summed E-state index contributed by atoms with van der Waals surface area (Å²) < 4.78 is 0. The maximum absolute atomic E-state index is 2.39. The first kappa shape index (κ1) is 88.3. The molecule has 140 heavy (non-hydrogen) atoms. The molecule has 0 saturated heterocycles. The van der Waals surface area contributed by atoms with Gasteiger partial charge in [-0.1, -0.05) is 390 Å². The summed E-state index contributed by atoms with van der Waals surface area (Å²) in [7, 11) is 0. The summed E-state index contributed by atoms with van der Waals surface area (Å²) in [6, 6.07) is 190. The maximum atomic E-state index is 2.39. The molecular formula is C134H102N4S2. The van der Waals surface area contributed by atoms with Crippen LogP contribution >= 0.6 is 22.7 Å². The highest BCUT2D eigenvalue weighted by molar-refractivity contribution is 7.19. The van der Waals surface area contributed by atoms with Crippen molar-refractivity contribution in [1.29, 1.82) is 0 Å². The van der Waals surface area contributed by atoms with Crippen LogP contribution in [0.2, 0.25) is 0 Å². The van der Waals surface area contributed by atoms with E-state index in [2.05, 4.69) is 569 Å². The molecule has 6 heteroatoms. The lowest BCUT2D eigenvalue weighted by molar-refractivity contribution is 1.06. The van der Waals surface area contributed by atoms with Crippen LogP contribution in [0.25, 0.3) is 142 Å². The van der Waals surface area contributed by atoms with Crippen molar-refractivity contribution in [2.75, 3.05) is 19.6 Å². The highest BCUT2D eigenvalue weighted by atomic mass is 32.1. The van der Waals surface area contributed by atoms with Crippen molar-refractivity contribution in [3.05, 3.63) is 544 Å². The fourth-order valence-electron chi connectivity index (χ4n) is 19.6. The molecule has 0 amide bonds. The maximum Gasteiger partial charge on any atom is 0.0462 e. The highest BCUT2D eigenvalue weighted by Gasteiger charge is 2.25. The monoisotopic (exact) mass is 1830 g/mol. The molecule has 20 aromatic carbocycles. The molecule has 0 aliphatic carbocycles. The van der Waals surface area contributed by atoms with Gasteiger partial charge in [-0.05, 0) is 317 Å². The molecule has 0 atom stereocenters. The first-order chi connectivity index (χ1) is 69.1. The number of nitrogens with zero attached hydrogens (tertiary/aromatic N) is 4. The molecule has 0 spiro atoms. The smallest absolute Gasteiger partial charge is 0.0462 e. The van der Waals surface area contributed by atoms with E-state index in [0.29, 0.717) is 0 Å². The number of benzene rings is 20. The molecule has 0 saturated carbocycles. The van der Waals surface area contributed by atoms with Crippen molar-refractivity contribution in [1.82, 2.24) is 0 Å². The molecule has 0 aliphatic rings. The fraction of sp³-hybridized carbons (Fsp3) is 0.0448. The summed E-state index contributed by atoms with van der Waals surface area (Å²) in [6.07, 6.45) is 1.88. The molecule has 0 aliphatic heterocycles. The molecule has 0 bridgehead atoms. The molecule has 22 rings (SSSR count). The van der Waals surface area contributed by atoms with Gasteiger partial charge in [-0.25, -0.2) is 0 Å². The standard InChI is InChI=1S/C134H102N4S2/c1-5-129-130(6-2)134(140-133(129)115-65-89-127(90-66-115)137(120-75-51-108(52-76-120)98-31-19-10-20-32-98)121-77-53-109(54-78-121)99-33-21-11-22-34-99)116-67-91-128(92-68-116)138(122-79-55-110(56-80-122)100-35-23-12-24-36-100)124-83-59-112(60-84-124)104-43-39-102(40-44-104)101-37-41-103(42-38-101)111-57-81-123(82-58-111)136(119-73-49-107(50-74-119)97-29-17-9-18-30-97)126-87-63-114(64-88-126)132-94(4)93(3)131(139-132)113-61-85-125(86-62-113)135(117-69-45-105(46-70-117)95-25-13-7-14-26-95)118-71-47-106(48-72-118)96-27-15-8-16-28-96/h7-92H,5-6H2,1-4H3. The molecule has 0 fully saturated rings. The topological polar surface area (TPSA) is 13.0 Å². The number of rotatable bonds is 27. The minimum Gasteiger partial charge on any atom is -0.311 e. The third kappa shape index (κ3) is 18.5. The molecule has 22 aromatic rings. The zero-order chi connectivity index (χ0) is 94.2. The summed E-state index contributed by atoms with van der Waals surface area (Å²) in [5.74, 6) is 0. The van der Waals surface area contributed by atoms with E-state index in [1.807, 2.05) is 22.7 Å². The van der Waals surface area contributed by atoms with Gasteiger partial charge in [0.15, 0.2) is 0 Å². The number of hydrogen-bond donors (Lipinski definition) is 0. The van der Waals surface area contributed by atoms with Gasteiger partial charge < -0.3 is 19.6 Å². The van der Waals surface area contributed by atoms with Crippen molar-refractivity contribution in [3.8, 4) is 142 Å². The second-order valence-corrected chi connectivity index (χ2v) is 37.7. The van der Waals surface area contributed by atoms with Gasteiger partial charge in [-0.15, -0.1) is 22.7 Å². The van der Waals surface area contributed by atoms with Gasteiger partial charge in [0, 0.05) is 87.8 Å². The molecule has 4 nitrogen and oxygen atoms in total. The van der Waals surface area contributed by atoms with Crippen LogP contribution in [-0.2, 0) is 12.8 Å². The summed E-state index contributed by atoms with van der Waals surface area (Å²) in [6.45, 7) is 9.17. The third-order valence-corrected chi connectivity index (χ3v) is 30.1. The minimum absolute atomic E-state index is 0.937. The molecule has 2 aromatic heterocycles. The van der Waals surface area contributed by atoms with Gasteiger partial charge in [-0.3, -0.25) is 0 Å². The number of hydrogen-bond acceptors (Lipinski definition) is 6. The van der Waals surface area contributed by atoms with E-state index < -0.39 is 0 Å². The molecule has 2 heterocycles. The lowest BCUT2D eigenvalue weighted by Crippen LogP contribution is -2.09.